The SMILES string of the molecule is O=C(NC1CCCNC1)c1cccc(Cl)c1Cl. The second kappa shape index (κ2) is 5.71. The largest absolute Gasteiger partial charge is 0.348 e. The van der Waals surface area contributed by atoms with Gasteiger partial charge in [0, 0.05) is 12.6 Å². The third-order valence-corrected chi connectivity index (χ3v) is 3.65. The molecule has 1 aliphatic heterocycles. The molecule has 1 amide bonds. The third kappa shape index (κ3) is 3.12. The average Bonchev–Trinajstić information content (AvgIpc) is 2.34. The van der Waals surface area contributed by atoms with Crippen LogP contribution < -0.4 is 10.6 Å². The number of rotatable bonds is 2. The standard InChI is InChI=1S/C12H14Cl2N2O/c13-10-5-1-4-9(11(10)14)12(17)16-8-3-2-6-15-7-8/h1,4-5,8,15H,2-3,6-7H2,(H,16,17). The molecule has 5 heteroatoms. The molecule has 1 aliphatic rings. The van der Waals surface area contributed by atoms with Crippen molar-refractivity contribution in [3.63, 3.8) is 0 Å². The fourth-order valence-electron chi connectivity index (χ4n) is 1.92. The molecule has 0 aromatic heterocycles. The van der Waals surface area contributed by atoms with E-state index in [2.05, 4.69) is 10.6 Å². The summed E-state index contributed by atoms with van der Waals surface area (Å²) in [6, 6.07) is 5.25. The molecule has 2 N–H and O–H groups in total. The Kier molecular flexibility index (Phi) is 4.26. The first kappa shape index (κ1) is 12.7. The Labute approximate surface area is 110 Å². The van der Waals surface area contributed by atoms with E-state index in [1.807, 2.05) is 0 Å². The monoisotopic (exact) mass is 272 g/mol. The highest BCUT2D eigenvalue weighted by atomic mass is 35.5. The summed E-state index contributed by atoms with van der Waals surface area (Å²) in [5.74, 6) is -0.161. The van der Waals surface area contributed by atoms with E-state index in [-0.39, 0.29) is 11.9 Å². The van der Waals surface area contributed by atoms with Gasteiger partial charge in [-0.25, -0.2) is 0 Å². The molecule has 0 radical (unpaired) electrons. The van der Waals surface area contributed by atoms with Crippen molar-refractivity contribution >= 4 is 29.1 Å². The number of amides is 1. The highest BCUT2D eigenvalue weighted by Gasteiger charge is 2.18. The molecule has 3 nitrogen and oxygen atoms in total. The summed E-state index contributed by atoms with van der Waals surface area (Å²) in [4.78, 5) is 12.0. The van der Waals surface area contributed by atoms with Crippen molar-refractivity contribution in [3.05, 3.63) is 33.8 Å². The molecule has 0 aliphatic carbocycles. The number of hydrogen-bond donors (Lipinski definition) is 2. The number of benzene rings is 1. The second-order valence-corrected chi connectivity index (χ2v) is 4.90. The Morgan fingerprint density at radius 2 is 2.24 bits per heavy atom. The van der Waals surface area contributed by atoms with Crippen molar-refractivity contribution < 1.29 is 4.79 Å². The Balaban J connectivity index is 2.06. The van der Waals surface area contributed by atoms with E-state index >= 15 is 0 Å². The molecule has 0 spiro atoms. The van der Waals surface area contributed by atoms with Gasteiger partial charge in [-0.3, -0.25) is 4.79 Å². The van der Waals surface area contributed by atoms with Gasteiger partial charge in [-0.1, -0.05) is 29.3 Å². The molecule has 1 unspecified atom stereocenters. The normalized spacial score (nSPS) is 20.0. The number of piperidine rings is 1. The van der Waals surface area contributed by atoms with E-state index in [1.54, 1.807) is 18.2 Å². The lowest BCUT2D eigenvalue weighted by Gasteiger charge is -2.24. The van der Waals surface area contributed by atoms with Crippen LogP contribution in [0, 0.1) is 0 Å². The van der Waals surface area contributed by atoms with Gasteiger partial charge >= 0.3 is 0 Å². The van der Waals surface area contributed by atoms with E-state index in [4.69, 9.17) is 23.2 Å². The zero-order valence-electron chi connectivity index (χ0n) is 9.30. The van der Waals surface area contributed by atoms with Crippen LogP contribution in [-0.2, 0) is 0 Å². The minimum absolute atomic E-state index is 0.161. The maximum absolute atomic E-state index is 12.0. The molecule has 2 rings (SSSR count). The molecular formula is C12H14Cl2N2O. The van der Waals surface area contributed by atoms with Crippen LogP contribution in [0.1, 0.15) is 23.2 Å². The van der Waals surface area contributed by atoms with Crippen LogP contribution in [0.2, 0.25) is 10.0 Å². The van der Waals surface area contributed by atoms with Crippen LogP contribution in [0.5, 0.6) is 0 Å². The summed E-state index contributed by atoms with van der Waals surface area (Å²) < 4.78 is 0. The molecule has 1 aromatic rings. The molecule has 92 valence electrons. The van der Waals surface area contributed by atoms with E-state index in [1.165, 1.54) is 0 Å². The van der Waals surface area contributed by atoms with Crippen LogP contribution in [-0.4, -0.2) is 25.0 Å². The van der Waals surface area contributed by atoms with Crippen LogP contribution >= 0.6 is 23.2 Å². The predicted molar refractivity (Wildman–Crippen MR) is 69.8 cm³/mol. The van der Waals surface area contributed by atoms with Gasteiger partial charge in [0.15, 0.2) is 0 Å². The van der Waals surface area contributed by atoms with Crippen molar-refractivity contribution in [2.24, 2.45) is 0 Å². The highest BCUT2D eigenvalue weighted by molar-refractivity contribution is 6.43. The van der Waals surface area contributed by atoms with Crippen molar-refractivity contribution in [2.75, 3.05) is 13.1 Å². The van der Waals surface area contributed by atoms with Crippen LogP contribution in [0.3, 0.4) is 0 Å². The topological polar surface area (TPSA) is 41.1 Å². The van der Waals surface area contributed by atoms with Crippen molar-refractivity contribution in [1.82, 2.24) is 10.6 Å². The van der Waals surface area contributed by atoms with Gasteiger partial charge in [-0.05, 0) is 31.5 Å². The molecule has 1 atom stereocenters. The van der Waals surface area contributed by atoms with E-state index in [9.17, 15) is 4.79 Å². The first-order valence-electron chi connectivity index (χ1n) is 5.64. The fourth-order valence-corrected chi connectivity index (χ4v) is 2.30. The summed E-state index contributed by atoms with van der Waals surface area (Å²) >= 11 is 11.9. The summed E-state index contributed by atoms with van der Waals surface area (Å²) in [6.45, 7) is 1.83. The summed E-state index contributed by atoms with van der Waals surface area (Å²) in [6.07, 6.45) is 2.07. The van der Waals surface area contributed by atoms with E-state index in [0.717, 1.165) is 25.9 Å². The molecule has 0 bridgehead atoms. The van der Waals surface area contributed by atoms with Gasteiger partial charge in [-0.15, -0.1) is 0 Å². The predicted octanol–water partition coefficient (Wildman–Crippen LogP) is 2.48. The first-order valence-corrected chi connectivity index (χ1v) is 6.39. The number of halogens is 2. The van der Waals surface area contributed by atoms with E-state index < -0.39 is 0 Å². The van der Waals surface area contributed by atoms with Crippen LogP contribution in [0.15, 0.2) is 18.2 Å². The van der Waals surface area contributed by atoms with E-state index in [0.29, 0.717) is 15.6 Å². The number of carbonyl (C=O) groups is 1. The van der Waals surface area contributed by atoms with Crippen LogP contribution in [0.25, 0.3) is 0 Å². The minimum atomic E-state index is -0.161. The molecule has 1 aromatic carbocycles. The van der Waals surface area contributed by atoms with Gasteiger partial charge in [0.1, 0.15) is 0 Å². The zero-order valence-corrected chi connectivity index (χ0v) is 10.8. The highest BCUT2D eigenvalue weighted by Crippen LogP contribution is 2.25. The Hall–Kier alpha value is -0.770. The number of nitrogens with one attached hydrogen (secondary N) is 2. The number of hydrogen-bond acceptors (Lipinski definition) is 2. The molecular weight excluding hydrogens is 259 g/mol. The molecule has 1 fully saturated rings. The zero-order chi connectivity index (χ0) is 12.3. The van der Waals surface area contributed by atoms with Gasteiger partial charge in [-0.2, -0.15) is 0 Å². The van der Waals surface area contributed by atoms with Gasteiger partial charge in [0.2, 0.25) is 0 Å². The average molecular weight is 273 g/mol. The Bertz CT molecular complexity index is 417. The van der Waals surface area contributed by atoms with Crippen molar-refractivity contribution in [3.8, 4) is 0 Å². The minimum Gasteiger partial charge on any atom is -0.348 e. The molecule has 17 heavy (non-hydrogen) atoms. The van der Waals surface area contributed by atoms with Gasteiger partial charge in [0.25, 0.3) is 5.91 Å². The van der Waals surface area contributed by atoms with Gasteiger partial charge < -0.3 is 10.6 Å². The smallest absolute Gasteiger partial charge is 0.253 e. The van der Waals surface area contributed by atoms with Gasteiger partial charge in [0.05, 0.1) is 15.6 Å². The maximum atomic E-state index is 12.0. The third-order valence-electron chi connectivity index (χ3n) is 2.83. The summed E-state index contributed by atoms with van der Waals surface area (Å²) in [5.41, 5.74) is 0.435. The van der Waals surface area contributed by atoms with Crippen molar-refractivity contribution in [2.45, 2.75) is 18.9 Å². The molecule has 1 heterocycles. The molecule has 0 saturated carbocycles. The second-order valence-electron chi connectivity index (χ2n) is 4.12. The first-order chi connectivity index (χ1) is 8.18. The fraction of sp³-hybridized carbons (Fsp3) is 0.417. The quantitative estimate of drug-likeness (QED) is 0.869. The Morgan fingerprint density at radius 1 is 1.41 bits per heavy atom. The molecule has 1 saturated heterocycles. The Morgan fingerprint density at radius 3 is 2.94 bits per heavy atom. The lowest BCUT2D eigenvalue weighted by atomic mass is 10.1. The summed E-state index contributed by atoms with van der Waals surface area (Å²) in [5, 5.41) is 6.92. The number of carbonyl (C=O) groups excluding carboxylic acids is 1. The lowest BCUT2D eigenvalue weighted by Crippen LogP contribution is -2.45. The van der Waals surface area contributed by atoms with Crippen molar-refractivity contribution in [1.29, 1.82) is 0 Å². The maximum Gasteiger partial charge on any atom is 0.253 e. The lowest BCUT2D eigenvalue weighted by molar-refractivity contribution is 0.0931. The summed E-state index contributed by atoms with van der Waals surface area (Å²) in [7, 11) is 0. The van der Waals surface area contributed by atoms with Crippen LogP contribution in [0.4, 0.5) is 0 Å².